The van der Waals surface area contributed by atoms with E-state index in [1.807, 2.05) is 0 Å². The van der Waals surface area contributed by atoms with Crippen molar-refractivity contribution in [1.82, 2.24) is 15.6 Å². The first kappa shape index (κ1) is 19.1. The molecule has 6 nitrogen and oxygen atoms in total. The fourth-order valence-electron chi connectivity index (χ4n) is 3.24. The Bertz CT molecular complexity index is 978. The molecule has 0 bridgehead atoms. The zero-order chi connectivity index (χ0) is 20.2. The average Bonchev–Trinajstić information content (AvgIpc) is 3.17. The summed E-state index contributed by atoms with van der Waals surface area (Å²) in [6.07, 6.45) is 3.36. The summed E-state index contributed by atoms with van der Waals surface area (Å²) in [5, 5.41) is 9.24. The number of aromatic nitrogens is 1. The second kappa shape index (κ2) is 8.40. The SMILES string of the molecule is O=C(N[C@@H]1CCCNC1)c1ccc(Nc2cnc(-c3c(F)cccc3F)o2)cc1. The van der Waals surface area contributed by atoms with E-state index in [1.54, 1.807) is 24.3 Å². The Hall–Kier alpha value is -3.26. The Kier molecular flexibility index (Phi) is 5.53. The molecule has 2 heterocycles. The zero-order valence-electron chi connectivity index (χ0n) is 15.5. The Morgan fingerprint density at radius 1 is 1.14 bits per heavy atom. The fraction of sp³-hybridized carbons (Fsp3) is 0.238. The number of halogens is 2. The summed E-state index contributed by atoms with van der Waals surface area (Å²) >= 11 is 0. The normalized spacial score (nSPS) is 16.4. The molecule has 1 saturated heterocycles. The van der Waals surface area contributed by atoms with Crippen LogP contribution in [0.5, 0.6) is 0 Å². The summed E-state index contributed by atoms with van der Waals surface area (Å²) in [7, 11) is 0. The lowest BCUT2D eigenvalue weighted by molar-refractivity contribution is 0.0930. The van der Waals surface area contributed by atoms with Crippen molar-refractivity contribution in [2.24, 2.45) is 0 Å². The van der Waals surface area contributed by atoms with Crippen molar-refractivity contribution in [2.45, 2.75) is 18.9 Å². The summed E-state index contributed by atoms with van der Waals surface area (Å²) in [5.41, 5.74) is 0.884. The second-order valence-corrected chi connectivity index (χ2v) is 6.85. The molecule has 150 valence electrons. The van der Waals surface area contributed by atoms with E-state index in [-0.39, 0.29) is 29.3 Å². The van der Waals surface area contributed by atoms with E-state index in [4.69, 9.17) is 4.42 Å². The van der Waals surface area contributed by atoms with Crippen molar-refractivity contribution < 1.29 is 18.0 Å². The third-order valence-corrected chi connectivity index (χ3v) is 4.73. The molecular formula is C21H20F2N4O2. The number of anilines is 2. The molecule has 0 unspecified atom stereocenters. The zero-order valence-corrected chi connectivity index (χ0v) is 15.5. The molecule has 1 aromatic heterocycles. The van der Waals surface area contributed by atoms with Gasteiger partial charge in [-0.15, -0.1) is 0 Å². The fourth-order valence-corrected chi connectivity index (χ4v) is 3.24. The van der Waals surface area contributed by atoms with E-state index in [0.717, 1.165) is 38.1 Å². The molecule has 1 amide bonds. The van der Waals surface area contributed by atoms with Gasteiger partial charge >= 0.3 is 0 Å². The van der Waals surface area contributed by atoms with Gasteiger partial charge in [-0.1, -0.05) is 6.07 Å². The van der Waals surface area contributed by atoms with Crippen LogP contribution in [0.4, 0.5) is 20.4 Å². The van der Waals surface area contributed by atoms with Crippen molar-refractivity contribution in [3.05, 3.63) is 65.9 Å². The maximum absolute atomic E-state index is 13.9. The third kappa shape index (κ3) is 4.43. The third-order valence-electron chi connectivity index (χ3n) is 4.73. The lowest BCUT2D eigenvalue weighted by atomic mass is 10.1. The van der Waals surface area contributed by atoms with Crippen LogP contribution in [0, 0.1) is 11.6 Å². The highest BCUT2D eigenvalue weighted by Crippen LogP contribution is 2.28. The molecule has 8 heteroatoms. The summed E-state index contributed by atoms with van der Waals surface area (Å²) < 4.78 is 33.1. The van der Waals surface area contributed by atoms with Crippen LogP contribution in [0.1, 0.15) is 23.2 Å². The van der Waals surface area contributed by atoms with E-state index < -0.39 is 11.6 Å². The van der Waals surface area contributed by atoms with Gasteiger partial charge in [0.1, 0.15) is 17.2 Å². The van der Waals surface area contributed by atoms with E-state index in [2.05, 4.69) is 20.9 Å². The van der Waals surface area contributed by atoms with Gasteiger partial charge in [0, 0.05) is 23.8 Å². The van der Waals surface area contributed by atoms with Crippen molar-refractivity contribution in [2.75, 3.05) is 18.4 Å². The van der Waals surface area contributed by atoms with Crippen LogP contribution in [-0.2, 0) is 0 Å². The number of hydrogen-bond donors (Lipinski definition) is 3. The largest absolute Gasteiger partial charge is 0.420 e. The molecule has 1 aliphatic heterocycles. The second-order valence-electron chi connectivity index (χ2n) is 6.85. The summed E-state index contributed by atoms with van der Waals surface area (Å²) in [5.74, 6) is -1.54. The van der Waals surface area contributed by atoms with Gasteiger partial charge in [0.2, 0.25) is 11.8 Å². The van der Waals surface area contributed by atoms with Crippen molar-refractivity contribution in [3.63, 3.8) is 0 Å². The number of rotatable bonds is 5. The number of nitrogens with one attached hydrogen (secondary N) is 3. The average molecular weight is 398 g/mol. The van der Waals surface area contributed by atoms with Crippen molar-refractivity contribution in [1.29, 1.82) is 0 Å². The van der Waals surface area contributed by atoms with Gasteiger partial charge < -0.3 is 20.4 Å². The van der Waals surface area contributed by atoms with Gasteiger partial charge in [0.15, 0.2) is 0 Å². The first-order chi connectivity index (χ1) is 14.1. The Balaban J connectivity index is 1.41. The summed E-state index contributed by atoms with van der Waals surface area (Å²) in [6, 6.07) is 10.5. The molecule has 0 saturated carbocycles. The number of carbonyl (C=O) groups is 1. The maximum atomic E-state index is 13.9. The molecule has 0 spiro atoms. The number of nitrogens with zero attached hydrogens (tertiary/aromatic N) is 1. The monoisotopic (exact) mass is 398 g/mol. The quantitative estimate of drug-likeness (QED) is 0.609. The summed E-state index contributed by atoms with van der Waals surface area (Å²) in [6.45, 7) is 1.77. The van der Waals surface area contributed by atoms with Crippen LogP contribution < -0.4 is 16.0 Å². The van der Waals surface area contributed by atoms with Gasteiger partial charge in [-0.25, -0.2) is 13.8 Å². The number of oxazole rings is 1. The van der Waals surface area contributed by atoms with E-state index in [1.165, 1.54) is 12.3 Å². The van der Waals surface area contributed by atoms with Crippen LogP contribution >= 0.6 is 0 Å². The highest BCUT2D eigenvalue weighted by atomic mass is 19.1. The van der Waals surface area contributed by atoms with E-state index in [0.29, 0.717) is 11.3 Å². The molecule has 1 fully saturated rings. The van der Waals surface area contributed by atoms with E-state index in [9.17, 15) is 13.6 Å². The van der Waals surface area contributed by atoms with E-state index >= 15 is 0 Å². The topological polar surface area (TPSA) is 79.2 Å². The molecule has 0 aliphatic carbocycles. The molecule has 29 heavy (non-hydrogen) atoms. The van der Waals surface area contributed by atoms with Crippen LogP contribution in [-0.4, -0.2) is 30.0 Å². The number of amides is 1. The highest BCUT2D eigenvalue weighted by Gasteiger charge is 2.18. The standard InChI is InChI=1S/C21H20F2N4O2/c22-16-4-1-5-17(23)19(16)21-25-12-18(29-21)26-14-8-6-13(7-9-14)20(28)27-15-3-2-10-24-11-15/h1,4-9,12,15,24,26H,2-3,10-11H2,(H,27,28)/t15-/m1/s1. The van der Waals surface area contributed by atoms with Crippen LogP contribution in [0.3, 0.4) is 0 Å². The molecule has 4 rings (SSSR count). The number of hydrogen-bond acceptors (Lipinski definition) is 5. The van der Waals surface area contributed by atoms with Crippen LogP contribution in [0.25, 0.3) is 11.5 Å². The highest BCUT2D eigenvalue weighted by molar-refractivity contribution is 5.94. The minimum atomic E-state index is -0.748. The molecule has 1 atom stereocenters. The van der Waals surface area contributed by atoms with Crippen molar-refractivity contribution >= 4 is 17.5 Å². The summed E-state index contributed by atoms with van der Waals surface area (Å²) in [4.78, 5) is 16.3. The minimum absolute atomic E-state index is 0.123. The molecule has 1 aliphatic rings. The minimum Gasteiger partial charge on any atom is -0.420 e. The van der Waals surface area contributed by atoms with Crippen molar-refractivity contribution in [3.8, 4) is 11.5 Å². The number of carbonyl (C=O) groups excluding carboxylic acids is 1. The first-order valence-corrected chi connectivity index (χ1v) is 9.39. The van der Waals surface area contributed by atoms with Gasteiger partial charge in [-0.2, -0.15) is 0 Å². The maximum Gasteiger partial charge on any atom is 0.251 e. The molecule has 2 aromatic carbocycles. The lowest BCUT2D eigenvalue weighted by Crippen LogP contribution is -2.45. The van der Waals surface area contributed by atoms with Gasteiger partial charge in [-0.3, -0.25) is 4.79 Å². The predicted octanol–water partition coefficient (Wildman–Crippen LogP) is 3.85. The lowest BCUT2D eigenvalue weighted by Gasteiger charge is -2.23. The predicted molar refractivity (Wildman–Crippen MR) is 105 cm³/mol. The molecular weight excluding hydrogens is 378 g/mol. The van der Waals surface area contributed by atoms with Gasteiger partial charge in [-0.05, 0) is 55.8 Å². The number of piperidine rings is 1. The Morgan fingerprint density at radius 3 is 2.59 bits per heavy atom. The first-order valence-electron chi connectivity index (χ1n) is 9.39. The van der Waals surface area contributed by atoms with Crippen LogP contribution in [0.2, 0.25) is 0 Å². The Labute approximate surface area is 166 Å². The molecule has 3 N–H and O–H groups in total. The molecule has 3 aromatic rings. The van der Waals surface area contributed by atoms with Gasteiger partial charge in [0.25, 0.3) is 5.91 Å². The van der Waals surface area contributed by atoms with Gasteiger partial charge in [0.05, 0.1) is 6.20 Å². The Morgan fingerprint density at radius 2 is 1.90 bits per heavy atom. The number of benzene rings is 2. The van der Waals surface area contributed by atoms with Crippen LogP contribution in [0.15, 0.2) is 53.1 Å². The smallest absolute Gasteiger partial charge is 0.251 e. The molecule has 0 radical (unpaired) electrons.